The Morgan fingerprint density at radius 3 is 2.46 bits per heavy atom. The molecule has 3 heteroatoms. The van der Waals surface area contributed by atoms with Crippen LogP contribution in [0.2, 0.25) is 0 Å². The van der Waals surface area contributed by atoms with Gasteiger partial charge in [0.25, 0.3) is 0 Å². The average molecular weight is 180 g/mol. The number of carbonyl (C=O) groups is 1. The molecule has 1 saturated heterocycles. The van der Waals surface area contributed by atoms with Crippen molar-refractivity contribution < 1.29 is 4.79 Å². The molecule has 0 aromatic heterocycles. The summed E-state index contributed by atoms with van der Waals surface area (Å²) in [6, 6.07) is 0. The number of carbonyl (C=O) groups excluding carboxylic acids is 1. The second-order valence-electron chi connectivity index (χ2n) is 5.05. The van der Waals surface area contributed by atoms with Crippen molar-refractivity contribution in [1.29, 1.82) is 0 Å². The second-order valence-corrected chi connectivity index (χ2v) is 5.05. The largest absolute Gasteiger partial charge is 0.340 e. The first-order valence-corrected chi connectivity index (χ1v) is 5.14. The summed E-state index contributed by atoms with van der Waals surface area (Å²) in [5.74, 6) is 0.761. The molecule has 3 fully saturated rings. The molecular weight excluding hydrogens is 164 g/mol. The summed E-state index contributed by atoms with van der Waals surface area (Å²) in [5.41, 5.74) is 6.43. The van der Waals surface area contributed by atoms with Gasteiger partial charge in [0.1, 0.15) is 0 Å². The Morgan fingerprint density at radius 2 is 2.00 bits per heavy atom. The molecular formula is C10H16N2O. The molecule has 1 heterocycles. The molecule has 3 aliphatic rings. The molecule has 2 aliphatic carbocycles. The van der Waals surface area contributed by atoms with Crippen LogP contribution in [0.3, 0.4) is 0 Å². The van der Waals surface area contributed by atoms with Gasteiger partial charge < -0.3 is 10.6 Å². The molecule has 1 unspecified atom stereocenters. The highest BCUT2D eigenvalue weighted by atomic mass is 16.2. The van der Waals surface area contributed by atoms with Crippen LogP contribution in [-0.2, 0) is 4.79 Å². The summed E-state index contributed by atoms with van der Waals surface area (Å²) in [6.45, 7) is 0. The van der Waals surface area contributed by atoms with E-state index in [-0.39, 0.29) is 11.1 Å². The normalized spacial score (nSPS) is 38.5. The third kappa shape index (κ3) is 0.810. The molecule has 72 valence electrons. The van der Waals surface area contributed by atoms with E-state index in [2.05, 4.69) is 0 Å². The van der Waals surface area contributed by atoms with Gasteiger partial charge in [-0.15, -0.1) is 0 Å². The lowest BCUT2D eigenvalue weighted by Gasteiger charge is -2.28. The van der Waals surface area contributed by atoms with E-state index in [1.54, 1.807) is 0 Å². The van der Waals surface area contributed by atoms with E-state index >= 15 is 0 Å². The Labute approximate surface area is 78.3 Å². The first kappa shape index (κ1) is 7.80. The Bertz CT molecular complexity index is 279. The third-order valence-corrected chi connectivity index (χ3v) is 4.35. The van der Waals surface area contributed by atoms with Gasteiger partial charge in [0.15, 0.2) is 0 Å². The van der Waals surface area contributed by atoms with Crippen LogP contribution in [0.1, 0.15) is 32.1 Å². The molecule has 0 bridgehead atoms. The summed E-state index contributed by atoms with van der Waals surface area (Å²) < 4.78 is 0. The average Bonchev–Trinajstić information content (AvgIpc) is 2.95. The van der Waals surface area contributed by atoms with Crippen LogP contribution in [0.4, 0.5) is 0 Å². The van der Waals surface area contributed by atoms with Gasteiger partial charge in [-0.2, -0.15) is 0 Å². The van der Waals surface area contributed by atoms with Crippen LogP contribution >= 0.6 is 0 Å². The fourth-order valence-electron chi connectivity index (χ4n) is 3.03. The predicted octanol–water partition coefficient (Wildman–Crippen LogP) is 0.489. The molecule has 2 saturated carbocycles. The summed E-state index contributed by atoms with van der Waals surface area (Å²) >= 11 is 0. The zero-order valence-corrected chi connectivity index (χ0v) is 8.05. The van der Waals surface area contributed by atoms with E-state index in [4.69, 9.17) is 5.73 Å². The lowest BCUT2D eigenvalue weighted by atomic mass is 9.88. The summed E-state index contributed by atoms with van der Waals surface area (Å²) in [5, 5.41) is 0. The number of likely N-dealkylation sites (tertiary alicyclic amines) is 1. The maximum atomic E-state index is 11.6. The Morgan fingerprint density at radius 1 is 1.38 bits per heavy atom. The van der Waals surface area contributed by atoms with Crippen LogP contribution in [0.25, 0.3) is 0 Å². The van der Waals surface area contributed by atoms with Crippen LogP contribution in [-0.4, -0.2) is 28.9 Å². The molecule has 1 aliphatic heterocycles. The summed E-state index contributed by atoms with van der Waals surface area (Å²) in [6.07, 6.45) is 5.31. The molecule has 1 amide bonds. The van der Waals surface area contributed by atoms with Gasteiger partial charge in [-0.1, -0.05) is 0 Å². The molecule has 3 nitrogen and oxygen atoms in total. The van der Waals surface area contributed by atoms with E-state index in [1.807, 2.05) is 11.9 Å². The molecule has 0 aromatic rings. The van der Waals surface area contributed by atoms with Crippen molar-refractivity contribution in [3.63, 3.8) is 0 Å². The molecule has 1 atom stereocenters. The first-order chi connectivity index (χ1) is 6.08. The van der Waals surface area contributed by atoms with Crippen molar-refractivity contribution in [2.45, 2.75) is 43.2 Å². The molecule has 13 heavy (non-hydrogen) atoms. The number of nitrogens with zero attached hydrogens (tertiary/aromatic N) is 1. The number of rotatable bonds is 1. The molecule has 0 radical (unpaired) electrons. The van der Waals surface area contributed by atoms with Crippen LogP contribution in [0.5, 0.6) is 0 Å². The fourth-order valence-corrected chi connectivity index (χ4v) is 3.03. The molecule has 2 N–H and O–H groups in total. The van der Waals surface area contributed by atoms with Crippen LogP contribution < -0.4 is 5.73 Å². The van der Waals surface area contributed by atoms with Crippen molar-refractivity contribution in [2.24, 2.45) is 11.7 Å². The number of nitrogens with two attached hydrogens (primary N) is 1. The topological polar surface area (TPSA) is 46.3 Å². The van der Waals surface area contributed by atoms with Gasteiger partial charge in [0.2, 0.25) is 5.91 Å². The predicted molar refractivity (Wildman–Crippen MR) is 49.0 cm³/mol. The SMILES string of the molecule is CN1C(=O)CC(C2(N)CC2)C12CC2. The van der Waals surface area contributed by atoms with Crippen molar-refractivity contribution in [1.82, 2.24) is 4.90 Å². The van der Waals surface area contributed by atoms with Crippen molar-refractivity contribution in [3.05, 3.63) is 0 Å². The van der Waals surface area contributed by atoms with E-state index in [9.17, 15) is 4.79 Å². The van der Waals surface area contributed by atoms with E-state index in [0.717, 1.165) is 12.8 Å². The maximum Gasteiger partial charge on any atom is 0.223 e. The van der Waals surface area contributed by atoms with Gasteiger partial charge in [-0.05, 0) is 25.7 Å². The summed E-state index contributed by atoms with van der Waals surface area (Å²) in [4.78, 5) is 13.5. The smallest absolute Gasteiger partial charge is 0.223 e. The van der Waals surface area contributed by atoms with Gasteiger partial charge in [0, 0.05) is 30.5 Å². The van der Waals surface area contributed by atoms with Gasteiger partial charge >= 0.3 is 0 Å². The lowest BCUT2D eigenvalue weighted by molar-refractivity contribution is -0.128. The van der Waals surface area contributed by atoms with Gasteiger partial charge in [0.05, 0.1) is 0 Å². The van der Waals surface area contributed by atoms with Crippen molar-refractivity contribution in [2.75, 3.05) is 7.05 Å². The van der Waals surface area contributed by atoms with Gasteiger partial charge in [-0.3, -0.25) is 4.79 Å². The van der Waals surface area contributed by atoms with E-state index < -0.39 is 0 Å². The summed E-state index contributed by atoms with van der Waals surface area (Å²) in [7, 11) is 1.95. The monoisotopic (exact) mass is 180 g/mol. The highest BCUT2D eigenvalue weighted by molar-refractivity contribution is 5.81. The Kier molecular flexibility index (Phi) is 1.15. The lowest BCUT2D eigenvalue weighted by Crippen LogP contribution is -2.43. The molecule has 3 rings (SSSR count). The quantitative estimate of drug-likeness (QED) is 0.638. The van der Waals surface area contributed by atoms with Crippen molar-refractivity contribution >= 4 is 5.91 Å². The van der Waals surface area contributed by atoms with Crippen LogP contribution in [0.15, 0.2) is 0 Å². The van der Waals surface area contributed by atoms with E-state index in [1.165, 1.54) is 12.8 Å². The minimum atomic E-state index is 0.0247. The Hall–Kier alpha value is -0.570. The van der Waals surface area contributed by atoms with Crippen molar-refractivity contribution in [3.8, 4) is 0 Å². The number of amides is 1. The minimum absolute atomic E-state index is 0.0247. The van der Waals surface area contributed by atoms with Gasteiger partial charge in [-0.25, -0.2) is 0 Å². The Balaban J connectivity index is 1.94. The highest BCUT2D eigenvalue weighted by Gasteiger charge is 2.66. The molecule has 0 aromatic carbocycles. The zero-order valence-electron chi connectivity index (χ0n) is 8.05. The number of hydrogen-bond donors (Lipinski definition) is 1. The minimum Gasteiger partial charge on any atom is -0.340 e. The third-order valence-electron chi connectivity index (χ3n) is 4.35. The maximum absolute atomic E-state index is 11.6. The number of hydrogen-bond acceptors (Lipinski definition) is 2. The van der Waals surface area contributed by atoms with E-state index in [0.29, 0.717) is 18.2 Å². The first-order valence-electron chi connectivity index (χ1n) is 5.14. The highest BCUT2D eigenvalue weighted by Crippen LogP contribution is 2.60. The van der Waals surface area contributed by atoms with Crippen LogP contribution in [0, 0.1) is 5.92 Å². The standard InChI is InChI=1S/C10H16N2O/c1-12-8(13)6-7(9(11)2-3-9)10(12)4-5-10/h7H,2-6,11H2,1H3. The fraction of sp³-hybridized carbons (Fsp3) is 0.900. The zero-order chi connectivity index (χ0) is 9.27. The molecule has 1 spiro atoms. The second kappa shape index (κ2) is 1.92.